The fourth-order valence-corrected chi connectivity index (χ4v) is 3.26. The van der Waals surface area contributed by atoms with Crippen LogP contribution in [0.25, 0.3) is 0 Å². The topological polar surface area (TPSA) is 9.23 Å². The molecule has 1 saturated heterocycles. The first-order valence-corrected chi connectivity index (χ1v) is 6.02. The van der Waals surface area contributed by atoms with Crippen LogP contribution in [0.1, 0.15) is 51.4 Å². The van der Waals surface area contributed by atoms with Crippen LogP contribution >= 0.6 is 0 Å². The predicted octanol–water partition coefficient (Wildman–Crippen LogP) is 3.14. The molecule has 3 rings (SSSR count). The average molecular weight is 180 g/mol. The van der Waals surface area contributed by atoms with Crippen LogP contribution in [-0.4, -0.2) is 12.2 Å². The zero-order chi connectivity index (χ0) is 8.73. The van der Waals surface area contributed by atoms with E-state index in [9.17, 15) is 0 Å². The van der Waals surface area contributed by atoms with Gasteiger partial charge in [0.05, 0.1) is 12.2 Å². The molecule has 0 bridgehead atoms. The lowest BCUT2D eigenvalue weighted by Gasteiger charge is -2.36. The van der Waals surface area contributed by atoms with E-state index in [2.05, 4.69) is 0 Å². The summed E-state index contributed by atoms with van der Waals surface area (Å²) in [5, 5.41) is 0. The molecule has 13 heavy (non-hydrogen) atoms. The molecule has 2 saturated carbocycles. The third-order valence-electron chi connectivity index (χ3n) is 4.41. The van der Waals surface area contributed by atoms with Crippen molar-refractivity contribution in [1.82, 2.24) is 0 Å². The Hall–Kier alpha value is -0.0400. The minimum absolute atomic E-state index is 0.353. The Bertz CT molecular complexity index is 179. The third-order valence-corrected chi connectivity index (χ3v) is 4.41. The normalized spacial score (nSPS) is 42.5. The van der Waals surface area contributed by atoms with Gasteiger partial charge in [-0.15, -0.1) is 0 Å². The highest BCUT2D eigenvalue weighted by atomic mass is 16.5. The van der Waals surface area contributed by atoms with Crippen molar-refractivity contribution < 1.29 is 4.74 Å². The van der Waals surface area contributed by atoms with Crippen molar-refractivity contribution in [2.75, 3.05) is 6.61 Å². The highest BCUT2D eigenvalue weighted by molar-refractivity contribution is 4.95. The van der Waals surface area contributed by atoms with E-state index in [0.29, 0.717) is 5.60 Å². The number of rotatable bonds is 0. The van der Waals surface area contributed by atoms with Crippen LogP contribution in [0.3, 0.4) is 0 Å². The van der Waals surface area contributed by atoms with E-state index in [1.165, 1.54) is 51.4 Å². The van der Waals surface area contributed by atoms with Crippen LogP contribution in [0.4, 0.5) is 0 Å². The summed E-state index contributed by atoms with van der Waals surface area (Å²) in [5.74, 6) is 2.02. The third kappa shape index (κ3) is 1.52. The lowest BCUT2D eigenvalue weighted by Crippen LogP contribution is -2.34. The minimum atomic E-state index is 0.353. The van der Waals surface area contributed by atoms with Crippen molar-refractivity contribution in [1.29, 1.82) is 0 Å². The standard InChI is InChI=1S/C12H20O/c1-2-5-12(6-3-1)7-4-10-8-11(10)9-13-12/h10-11H,1-9H2/t10-,11+/m1/s1. The average Bonchev–Trinajstić information content (AvgIpc) is 2.92. The monoisotopic (exact) mass is 180 g/mol. The summed E-state index contributed by atoms with van der Waals surface area (Å²) in [6.07, 6.45) is 11.3. The number of ether oxygens (including phenoxy) is 1. The summed E-state index contributed by atoms with van der Waals surface area (Å²) >= 11 is 0. The van der Waals surface area contributed by atoms with Crippen LogP contribution in [0.5, 0.6) is 0 Å². The summed E-state index contributed by atoms with van der Waals surface area (Å²) in [6, 6.07) is 0. The first-order chi connectivity index (χ1) is 6.38. The van der Waals surface area contributed by atoms with E-state index in [1.807, 2.05) is 0 Å². The number of hydrogen-bond donors (Lipinski definition) is 0. The molecule has 1 heteroatoms. The molecule has 0 aromatic carbocycles. The van der Waals surface area contributed by atoms with E-state index in [1.54, 1.807) is 0 Å². The molecule has 1 spiro atoms. The van der Waals surface area contributed by atoms with Crippen molar-refractivity contribution in [3.63, 3.8) is 0 Å². The van der Waals surface area contributed by atoms with Crippen LogP contribution in [-0.2, 0) is 4.74 Å². The van der Waals surface area contributed by atoms with Crippen molar-refractivity contribution in [3.05, 3.63) is 0 Å². The molecule has 0 N–H and O–H groups in total. The molecule has 0 aromatic heterocycles. The van der Waals surface area contributed by atoms with Crippen molar-refractivity contribution in [2.45, 2.75) is 57.0 Å². The molecule has 74 valence electrons. The van der Waals surface area contributed by atoms with Gasteiger partial charge in [-0.3, -0.25) is 0 Å². The van der Waals surface area contributed by atoms with Crippen LogP contribution < -0.4 is 0 Å². The second-order valence-electron chi connectivity index (χ2n) is 5.35. The zero-order valence-corrected chi connectivity index (χ0v) is 8.43. The SMILES string of the molecule is C1CCC2(CC1)CC[C@@H]1C[C@H]1CO2. The Kier molecular flexibility index (Phi) is 1.90. The van der Waals surface area contributed by atoms with Gasteiger partial charge in [0.1, 0.15) is 0 Å². The Labute approximate surface area is 80.8 Å². The Morgan fingerprint density at radius 2 is 1.77 bits per heavy atom. The van der Waals surface area contributed by atoms with Gasteiger partial charge in [0.25, 0.3) is 0 Å². The highest BCUT2D eigenvalue weighted by Crippen LogP contribution is 2.49. The predicted molar refractivity (Wildman–Crippen MR) is 52.6 cm³/mol. The van der Waals surface area contributed by atoms with Gasteiger partial charge < -0.3 is 4.74 Å². The molecule has 1 aliphatic heterocycles. The molecular formula is C12H20O. The van der Waals surface area contributed by atoms with E-state index in [4.69, 9.17) is 4.74 Å². The van der Waals surface area contributed by atoms with Gasteiger partial charge in [0, 0.05) is 0 Å². The molecule has 1 nitrogen and oxygen atoms in total. The van der Waals surface area contributed by atoms with Gasteiger partial charge in [-0.25, -0.2) is 0 Å². The van der Waals surface area contributed by atoms with Crippen molar-refractivity contribution in [2.24, 2.45) is 11.8 Å². The Morgan fingerprint density at radius 1 is 0.923 bits per heavy atom. The minimum Gasteiger partial charge on any atom is -0.375 e. The lowest BCUT2D eigenvalue weighted by atomic mass is 9.81. The maximum Gasteiger partial charge on any atom is 0.0682 e. The van der Waals surface area contributed by atoms with Gasteiger partial charge >= 0.3 is 0 Å². The smallest absolute Gasteiger partial charge is 0.0682 e. The second-order valence-corrected chi connectivity index (χ2v) is 5.35. The molecule has 1 heterocycles. The molecule has 0 radical (unpaired) electrons. The molecule has 0 amide bonds. The highest BCUT2D eigenvalue weighted by Gasteiger charge is 2.45. The quantitative estimate of drug-likeness (QED) is 0.556. The Balaban J connectivity index is 1.68. The first kappa shape index (κ1) is 8.28. The van der Waals surface area contributed by atoms with Gasteiger partial charge in [0.2, 0.25) is 0 Å². The maximum absolute atomic E-state index is 6.19. The van der Waals surface area contributed by atoms with E-state index in [-0.39, 0.29) is 0 Å². The molecule has 2 aliphatic carbocycles. The number of hydrogen-bond acceptors (Lipinski definition) is 1. The second kappa shape index (κ2) is 2.98. The van der Waals surface area contributed by atoms with Gasteiger partial charge in [-0.05, 0) is 43.9 Å². The Morgan fingerprint density at radius 3 is 2.62 bits per heavy atom. The fraction of sp³-hybridized carbons (Fsp3) is 1.00. The summed E-state index contributed by atoms with van der Waals surface area (Å²) in [6.45, 7) is 1.09. The molecule has 2 atom stereocenters. The molecule has 0 unspecified atom stereocenters. The first-order valence-electron chi connectivity index (χ1n) is 6.02. The fourth-order valence-electron chi connectivity index (χ4n) is 3.26. The molecule has 3 aliphatic rings. The number of fused-ring (bicyclic) bond motifs is 1. The van der Waals surface area contributed by atoms with Crippen molar-refractivity contribution >= 4 is 0 Å². The maximum atomic E-state index is 6.19. The van der Waals surface area contributed by atoms with Crippen LogP contribution in [0.15, 0.2) is 0 Å². The van der Waals surface area contributed by atoms with Gasteiger partial charge in [-0.1, -0.05) is 19.3 Å². The van der Waals surface area contributed by atoms with Crippen LogP contribution in [0.2, 0.25) is 0 Å². The van der Waals surface area contributed by atoms with E-state index in [0.717, 1.165) is 18.4 Å². The van der Waals surface area contributed by atoms with E-state index < -0.39 is 0 Å². The van der Waals surface area contributed by atoms with Crippen LogP contribution in [0, 0.1) is 11.8 Å². The summed E-state index contributed by atoms with van der Waals surface area (Å²) in [5.41, 5.74) is 0.353. The molecule has 0 aromatic rings. The van der Waals surface area contributed by atoms with Gasteiger partial charge in [0.15, 0.2) is 0 Å². The van der Waals surface area contributed by atoms with Gasteiger partial charge in [-0.2, -0.15) is 0 Å². The summed E-state index contributed by atoms with van der Waals surface area (Å²) in [7, 11) is 0. The lowest BCUT2D eigenvalue weighted by molar-refractivity contribution is -0.0735. The van der Waals surface area contributed by atoms with E-state index >= 15 is 0 Å². The zero-order valence-electron chi connectivity index (χ0n) is 8.43. The molecule has 3 fully saturated rings. The largest absolute Gasteiger partial charge is 0.375 e. The van der Waals surface area contributed by atoms with Crippen molar-refractivity contribution in [3.8, 4) is 0 Å². The summed E-state index contributed by atoms with van der Waals surface area (Å²) in [4.78, 5) is 0. The summed E-state index contributed by atoms with van der Waals surface area (Å²) < 4.78 is 6.19. The molecular weight excluding hydrogens is 160 g/mol.